The first kappa shape index (κ1) is 14.4. The minimum Gasteiger partial charge on any atom is -0.344 e. The van der Waals surface area contributed by atoms with E-state index < -0.39 is 0 Å². The van der Waals surface area contributed by atoms with E-state index in [9.17, 15) is 0 Å². The van der Waals surface area contributed by atoms with Crippen LogP contribution in [0.15, 0.2) is 48.5 Å². The number of benzene rings is 2. The first-order chi connectivity index (χ1) is 6.75. The third kappa shape index (κ3) is 3.21. The summed E-state index contributed by atoms with van der Waals surface area (Å²) in [6, 6.07) is 17.3. The molecule has 0 aromatic heterocycles. The van der Waals surface area contributed by atoms with E-state index >= 15 is 0 Å². The molecular weight excluding hydrogens is 194 g/mol. The molecule has 2 aromatic rings. The third-order valence-electron chi connectivity index (χ3n) is 2.44. The van der Waals surface area contributed by atoms with Crippen LogP contribution in [0.2, 0.25) is 0 Å². The van der Waals surface area contributed by atoms with Crippen LogP contribution in [-0.4, -0.2) is 0 Å². The summed E-state index contributed by atoms with van der Waals surface area (Å²) in [5.74, 6) is 0. The van der Waals surface area contributed by atoms with Gasteiger partial charge in [0.15, 0.2) is 0 Å². The van der Waals surface area contributed by atoms with Crippen LogP contribution in [0.1, 0.15) is 20.0 Å². The molecule has 0 spiro atoms. The Morgan fingerprint density at radius 1 is 0.625 bits per heavy atom. The summed E-state index contributed by atoms with van der Waals surface area (Å²) in [7, 11) is 0. The summed E-state index contributed by atoms with van der Waals surface area (Å²) in [6.07, 6.45) is 0. The maximum atomic E-state index is 2.17. The molecule has 88 valence electrons. The first-order valence-corrected chi connectivity index (χ1v) is 4.89. The van der Waals surface area contributed by atoms with Crippen molar-refractivity contribution in [2.45, 2.75) is 21.3 Å². The quantitative estimate of drug-likeness (QED) is 0.715. The number of hydrogen-bond donors (Lipinski definition) is 1. The monoisotopic (exact) mass is 217 g/mol. The first-order valence-electron chi connectivity index (χ1n) is 4.89. The Morgan fingerprint density at radius 2 is 0.875 bits per heavy atom. The molecule has 0 atom stereocenters. The van der Waals surface area contributed by atoms with Gasteiger partial charge in [-0.3, -0.25) is 0 Å². The van der Waals surface area contributed by atoms with Gasteiger partial charge in [-0.1, -0.05) is 67.1 Å². The molecule has 0 saturated heterocycles. The summed E-state index contributed by atoms with van der Waals surface area (Å²) in [6.45, 7) is 4.22. The maximum Gasteiger partial charge on any atom is 0 e. The normalized spacial score (nSPS) is 8.88. The topological polar surface area (TPSA) is 35.0 Å². The molecule has 16 heavy (non-hydrogen) atoms. The van der Waals surface area contributed by atoms with Crippen LogP contribution >= 0.6 is 0 Å². The Labute approximate surface area is 100 Å². The number of aryl methyl sites for hydroxylation is 2. The molecule has 2 rings (SSSR count). The van der Waals surface area contributed by atoms with Crippen LogP contribution < -0.4 is 6.15 Å². The standard InChI is InChI=1S/C14H14.CH4.H3N.H2/c1-11-3-7-13(8-4-11)14-9-5-12(2)6-10-14;;;/h3-10H,1-2H3;1H4;1H3;1H. The molecule has 0 fully saturated rings. The SMILES string of the molecule is C.Cc1ccc(-c2ccc(C)cc2)cc1.N.[HH]. The summed E-state index contributed by atoms with van der Waals surface area (Å²) in [4.78, 5) is 0. The molecule has 1 heteroatoms. The minimum absolute atomic E-state index is 0. The Hall–Kier alpha value is -1.60. The second kappa shape index (κ2) is 6.09. The summed E-state index contributed by atoms with van der Waals surface area (Å²) in [5.41, 5.74) is 5.19. The van der Waals surface area contributed by atoms with Crippen molar-refractivity contribution in [3.8, 4) is 11.1 Å². The average molecular weight is 217 g/mol. The van der Waals surface area contributed by atoms with Gasteiger partial charge in [-0.05, 0) is 25.0 Å². The second-order valence-electron chi connectivity index (χ2n) is 3.73. The average Bonchev–Trinajstić information content (AvgIpc) is 2.21. The molecule has 0 saturated carbocycles. The van der Waals surface area contributed by atoms with Crippen LogP contribution in [0.3, 0.4) is 0 Å². The van der Waals surface area contributed by atoms with E-state index in [4.69, 9.17) is 0 Å². The lowest BCUT2D eigenvalue weighted by Gasteiger charge is -2.02. The zero-order valence-corrected chi connectivity index (χ0v) is 9.33. The van der Waals surface area contributed by atoms with E-state index in [0.717, 1.165) is 0 Å². The molecule has 0 unspecified atom stereocenters. The molecule has 0 aliphatic carbocycles. The van der Waals surface area contributed by atoms with Crippen molar-refractivity contribution in [1.82, 2.24) is 6.15 Å². The van der Waals surface area contributed by atoms with Crippen molar-refractivity contribution in [3.05, 3.63) is 59.7 Å². The van der Waals surface area contributed by atoms with E-state index in [0.29, 0.717) is 0 Å². The fourth-order valence-electron chi connectivity index (χ4n) is 1.49. The number of hydrogen-bond acceptors (Lipinski definition) is 1. The molecule has 0 aliphatic rings. The molecule has 0 amide bonds. The van der Waals surface area contributed by atoms with Crippen LogP contribution in [0.25, 0.3) is 11.1 Å². The second-order valence-corrected chi connectivity index (χ2v) is 3.73. The van der Waals surface area contributed by atoms with Gasteiger partial charge in [-0.15, -0.1) is 0 Å². The lowest BCUT2D eigenvalue weighted by Crippen LogP contribution is -1.78. The van der Waals surface area contributed by atoms with Crippen LogP contribution in [0, 0.1) is 13.8 Å². The molecule has 0 radical (unpaired) electrons. The van der Waals surface area contributed by atoms with E-state index in [1.165, 1.54) is 22.3 Å². The maximum absolute atomic E-state index is 2.17. The predicted octanol–water partition coefficient (Wildman–Crippen LogP) is 5.01. The molecular formula is C15H23N. The Morgan fingerprint density at radius 3 is 1.12 bits per heavy atom. The van der Waals surface area contributed by atoms with Gasteiger partial charge in [0.1, 0.15) is 0 Å². The van der Waals surface area contributed by atoms with Gasteiger partial charge in [0.05, 0.1) is 0 Å². The summed E-state index contributed by atoms with van der Waals surface area (Å²) < 4.78 is 0. The molecule has 2 aromatic carbocycles. The van der Waals surface area contributed by atoms with Gasteiger partial charge in [-0.2, -0.15) is 0 Å². The van der Waals surface area contributed by atoms with Crippen LogP contribution in [0.5, 0.6) is 0 Å². The fraction of sp³-hybridized carbons (Fsp3) is 0.200. The molecule has 1 nitrogen and oxygen atoms in total. The van der Waals surface area contributed by atoms with Crippen molar-refractivity contribution in [1.29, 1.82) is 0 Å². The zero-order valence-electron chi connectivity index (χ0n) is 9.33. The van der Waals surface area contributed by atoms with E-state index in [1.807, 2.05) is 0 Å². The highest BCUT2D eigenvalue weighted by atomic mass is 14.0. The highest BCUT2D eigenvalue weighted by Gasteiger charge is 1.95. The lowest BCUT2D eigenvalue weighted by molar-refractivity contribution is 1.45. The lowest BCUT2D eigenvalue weighted by atomic mass is 10.0. The van der Waals surface area contributed by atoms with Crippen LogP contribution in [-0.2, 0) is 0 Å². The van der Waals surface area contributed by atoms with Crippen molar-refractivity contribution in [2.75, 3.05) is 0 Å². The van der Waals surface area contributed by atoms with E-state index in [-0.39, 0.29) is 15.0 Å². The number of rotatable bonds is 1. The third-order valence-corrected chi connectivity index (χ3v) is 2.44. The largest absolute Gasteiger partial charge is 0.344 e. The van der Waals surface area contributed by atoms with Crippen molar-refractivity contribution in [2.24, 2.45) is 0 Å². The Balaban J connectivity index is 0. The summed E-state index contributed by atoms with van der Waals surface area (Å²) in [5, 5.41) is 0. The van der Waals surface area contributed by atoms with Gasteiger partial charge in [0.25, 0.3) is 0 Å². The molecule has 0 aliphatic heterocycles. The summed E-state index contributed by atoms with van der Waals surface area (Å²) >= 11 is 0. The smallest absolute Gasteiger partial charge is 0 e. The Kier molecular flexibility index (Phi) is 5.48. The van der Waals surface area contributed by atoms with E-state index in [2.05, 4.69) is 62.4 Å². The minimum atomic E-state index is 0. The van der Waals surface area contributed by atoms with Gasteiger partial charge < -0.3 is 6.15 Å². The van der Waals surface area contributed by atoms with Gasteiger partial charge in [0.2, 0.25) is 0 Å². The molecule has 0 bridgehead atoms. The van der Waals surface area contributed by atoms with Gasteiger partial charge in [-0.25, -0.2) is 0 Å². The van der Waals surface area contributed by atoms with Crippen molar-refractivity contribution in [3.63, 3.8) is 0 Å². The fourth-order valence-corrected chi connectivity index (χ4v) is 1.49. The van der Waals surface area contributed by atoms with Crippen molar-refractivity contribution < 1.29 is 1.43 Å². The van der Waals surface area contributed by atoms with E-state index in [1.54, 1.807) is 0 Å². The molecule has 0 heterocycles. The highest BCUT2D eigenvalue weighted by Crippen LogP contribution is 2.19. The van der Waals surface area contributed by atoms with Crippen LogP contribution in [0.4, 0.5) is 0 Å². The predicted molar refractivity (Wildman–Crippen MR) is 75.2 cm³/mol. The van der Waals surface area contributed by atoms with Crippen molar-refractivity contribution >= 4 is 0 Å². The Bertz CT molecular complexity index is 374. The van der Waals surface area contributed by atoms with Gasteiger partial charge in [0, 0.05) is 1.43 Å². The zero-order chi connectivity index (χ0) is 9.97. The highest BCUT2D eigenvalue weighted by molar-refractivity contribution is 5.63. The molecule has 3 N–H and O–H groups in total. The van der Waals surface area contributed by atoms with Gasteiger partial charge >= 0.3 is 0 Å².